The lowest BCUT2D eigenvalue weighted by atomic mass is 10.1. The largest absolute Gasteiger partial charge is 0.417 e. The Labute approximate surface area is 121 Å². The van der Waals surface area contributed by atoms with Crippen LogP contribution >= 0.6 is 11.6 Å². The number of nitriles is 1. The monoisotopic (exact) mass is 314 g/mol. The topological polar surface area (TPSA) is 81.6 Å². The molecule has 0 fully saturated rings. The van der Waals surface area contributed by atoms with E-state index in [2.05, 4.69) is 15.3 Å². The van der Waals surface area contributed by atoms with Crippen molar-refractivity contribution in [2.45, 2.75) is 6.18 Å². The van der Waals surface area contributed by atoms with Crippen LogP contribution in [0.3, 0.4) is 0 Å². The zero-order valence-corrected chi connectivity index (χ0v) is 10.9. The second-order valence-electron chi connectivity index (χ2n) is 3.89. The number of aromatic amines is 1. The molecule has 1 aromatic carbocycles. The lowest BCUT2D eigenvalue weighted by molar-refractivity contribution is -0.137. The standard InChI is InChI=1S/C12H6ClF3N4O/c13-9-10(18-5-19-11(9)21)20-7-2-1-6(4-17)8(3-7)12(14,15)16/h1-3,5H,(H2,18,19,20,21). The molecule has 0 amide bonds. The minimum Gasteiger partial charge on any atom is -0.339 e. The van der Waals surface area contributed by atoms with Gasteiger partial charge in [0.2, 0.25) is 0 Å². The number of nitrogens with zero attached hydrogens (tertiary/aromatic N) is 2. The van der Waals surface area contributed by atoms with Gasteiger partial charge in [-0.3, -0.25) is 4.79 Å². The van der Waals surface area contributed by atoms with Crippen LogP contribution in [0.2, 0.25) is 5.02 Å². The van der Waals surface area contributed by atoms with Gasteiger partial charge in [-0.05, 0) is 18.2 Å². The first-order valence-corrected chi connectivity index (χ1v) is 5.82. The van der Waals surface area contributed by atoms with Gasteiger partial charge in [-0.25, -0.2) is 4.98 Å². The van der Waals surface area contributed by atoms with Gasteiger partial charge in [-0.1, -0.05) is 11.6 Å². The number of H-pyrrole nitrogens is 1. The van der Waals surface area contributed by atoms with Gasteiger partial charge < -0.3 is 10.3 Å². The molecule has 2 rings (SSSR count). The van der Waals surface area contributed by atoms with E-state index in [4.69, 9.17) is 16.9 Å². The number of alkyl halides is 3. The van der Waals surface area contributed by atoms with Crippen molar-refractivity contribution in [2.24, 2.45) is 0 Å². The molecule has 0 aliphatic rings. The molecule has 0 bridgehead atoms. The molecule has 0 aliphatic heterocycles. The van der Waals surface area contributed by atoms with Crippen molar-refractivity contribution in [3.8, 4) is 6.07 Å². The number of halogens is 4. The van der Waals surface area contributed by atoms with E-state index >= 15 is 0 Å². The van der Waals surface area contributed by atoms with Crippen molar-refractivity contribution in [3.63, 3.8) is 0 Å². The Balaban J connectivity index is 2.45. The highest BCUT2D eigenvalue weighted by atomic mass is 35.5. The highest BCUT2D eigenvalue weighted by Gasteiger charge is 2.33. The first-order valence-electron chi connectivity index (χ1n) is 5.44. The molecule has 0 aliphatic carbocycles. The second-order valence-corrected chi connectivity index (χ2v) is 4.27. The lowest BCUT2D eigenvalue weighted by Gasteiger charge is -2.12. The zero-order valence-electron chi connectivity index (χ0n) is 10.1. The molecule has 0 saturated carbocycles. The third-order valence-corrected chi connectivity index (χ3v) is 2.86. The van der Waals surface area contributed by atoms with Gasteiger partial charge in [-0.2, -0.15) is 18.4 Å². The van der Waals surface area contributed by atoms with Gasteiger partial charge in [0.05, 0.1) is 23.5 Å². The maximum atomic E-state index is 12.8. The third-order valence-electron chi connectivity index (χ3n) is 2.50. The average molecular weight is 315 g/mol. The van der Waals surface area contributed by atoms with Crippen LogP contribution in [-0.2, 0) is 6.18 Å². The summed E-state index contributed by atoms with van der Waals surface area (Å²) in [6.07, 6.45) is -3.61. The van der Waals surface area contributed by atoms with Gasteiger partial charge in [0, 0.05) is 5.69 Å². The molecule has 5 nitrogen and oxygen atoms in total. The molecule has 108 valence electrons. The van der Waals surface area contributed by atoms with Crippen LogP contribution in [0.4, 0.5) is 24.7 Å². The number of benzene rings is 1. The number of hydrogen-bond donors (Lipinski definition) is 2. The normalized spacial score (nSPS) is 11.0. The molecule has 0 spiro atoms. The van der Waals surface area contributed by atoms with Crippen LogP contribution in [0.5, 0.6) is 0 Å². The molecule has 9 heteroatoms. The maximum Gasteiger partial charge on any atom is 0.417 e. The van der Waals surface area contributed by atoms with E-state index < -0.39 is 22.9 Å². The van der Waals surface area contributed by atoms with E-state index in [-0.39, 0.29) is 16.5 Å². The van der Waals surface area contributed by atoms with Crippen molar-refractivity contribution in [3.05, 3.63) is 51.0 Å². The van der Waals surface area contributed by atoms with E-state index in [0.29, 0.717) is 0 Å². The van der Waals surface area contributed by atoms with Gasteiger partial charge in [0.25, 0.3) is 5.56 Å². The molecule has 1 aromatic heterocycles. The summed E-state index contributed by atoms with van der Waals surface area (Å²) in [5, 5.41) is 10.9. The van der Waals surface area contributed by atoms with Gasteiger partial charge in [-0.15, -0.1) is 0 Å². The summed E-state index contributed by atoms with van der Waals surface area (Å²) >= 11 is 5.69. The van der Waals surface area contributed by atoms with Gasteiger partial charge >= 0.3 is 6.18 Å². The summed E-state index contributed by atoms with van der Waals surface area (Å²) in [7, 11) is 0. The summed E-state index contributed by atoms with van der Waals surface area (Å²) in [6.45, 7) is 0. The van der Waals surface area contributed by atoms with Crippen LogP contribution in [-0.4, -0.2) is 9.97 Å². The fourth-order valence-electron chi connectivity index (χ4n) is 1.56. The fraction of sp³-hybridized carbons (Fsp3) is 0.0833. The average Bonchev–Trinajstić information content (AvgIpc) is 2.43. The molecule has 21 heavy (non-hydrogen) atoms. The summed E-state index contributed by atoms with van der Waals surface area (Å²) in [5.41, 5.74) is -2.21. The van der Waals surface area contributed by atoms with Crippen LogP contribution in [0, 0.1) is 11.3 Å². The molecular weight excluding hydrogens is 309 g/mol. The number of anilines is 2. The molecule has 0 unspecified atom stereocenters. The number of nitrogens with one attached hydrogen (secondary N) is 2. The highest BCUT2D eigenvalue weighted by Crippen LogP contribution is 2.34. The molecule has 1 heterocycles. The number of hydrogen-bond acceptors (Lipinski definition) is 4. The van der Waals surface area contributed by atoms with E-state index in [1.165, 1.54) is 12.1 Å². The van der Waals surface area contributed by atoms with Crippen LogP contribution in [0.1, 0.15) is 11.1 Å². The summed E-state index contributed by atoms with van der Waals surface area (Å²) in [5.74, 6) is -0.0850. The smallest absolute Gasteiger partial charge is 0.339 e. The Morgan fingerprint density at radius 1 is 1.38 bits per heavy atom. The minimum atomic E-state index is -4.67. The van der Waals surface area contributed by atoms with E-state index in [9.17, 15) is 18.0 Å². The summed E-state index contributed by atoms with van der Waals surface area (Å²) in [4.78, 5) is 17.2. The predicted octanol–water partition coefficient (Wildman–Crippen LogP) is 3.06. The molecule has 2 N–H and O–H groups in total. The Bertz CT molecular complexity index is 779. The van der Waals surface area contributed by atoms with E-state index in [0.717, 1.165) is 18.5 Å². The van der Waals surface area contributed by atoms with E-state index in [1.807, 2.05) is 0 Å². The Morgan fingerprint density at radius 2 is 2.10 bits per heavy atom. The van der Waals surface area contributed by atoms with Crippen LogP contribution < -0.4 is 10.9 Å². The molecule has 2 aromatic rings. The van der Waals surface area contributed by atoms with Crippen molar-refractivity contribution < 1.29 is 13.2 Å². The minimum absolute atomic E-state index is 0.00123. The quantitative estimate of drug-likeness (QED) is 0.892. The van der Waals surface area contributed by atoms with Crippen LogP contribution in [0.15, 0.2) is 29.3 Å². The molecular formula is C12H6ClF3N4O. The highest BCUT2D eigenvalue weighted by molar-refractivity contribution is 6.32. The fourth-order valence-corrected chi connectivity index (χ4v) is 1.71. The predicted molar refractivity (Wildman–Crippen MR) is 69.3 cm³/mol. The maximum absolute atomic E-state index is 12.8. The first kappa shape index (κ1) is 14.9. The molecule has 0 radical (unpaired) electrons. The SMILES string of the molecule is N#Cc1ccc(Nc2nc[nH]c(=O)c2Cl)cc1C(F)(F)F. The molecule has 0 saturated heterocycles. The van der Waals surface area contributed by atoms with Crippen LogP contribution in [0.25, 0.3) is 0 Å². The Morgan fingerprint density at radius 3 is 2.71 bits per heavy atom. The second kappa shape index (κ2) is 5.46. The first-order chi connectivity index (χ1) is 9.82. The summed E-state index contributed by atoms with van der Waals surface area (Å²) < 4.78 is 38.5. The van der Waals surface area contributed by atoms with Crippen molar-refractivity contribution in [1.82, 2.24) is 9.97 Å². The Hall–Kier alpha value is -2.53. The molecule has 0 atom stereocenters. The zero-order chi connectivity index (χ0) is 15.6. The Kier molecular flexibility index (Phi) is 3.86. The number of rotatable bonds is 2. The van der Waals surface area contributed by atoms with E-state index in [1.54, 1.807) is 0 Å². The number of aromatic nitrogens is 2. The summed E-state index contributed by atoms with van der Waals surface area (Å²) in [6, 6.07) is 4.49. The van der Waals surface area contributed by atoms with Gasteiger partial charge in [0.15, 0.2) is 5.82 Å². The van der Waals surface area contributed by atoms with Crippen molar-refractivity contribution in [1.29, 1.82) is 5.26 Å². The third kappa shape index (κ3) is 3.14. The van der Waals surface area contributed by atoms with Crippen molar-refractivity contribution >= 4 is 23.1 Å². The van der Waals surface area contributed by atoms with Crippen molar-refractivity contribution in [2.75, 3.05) is 5.32 Å². The lowest BCUT2D eigenvalue weighted by Crippen LogP contribution is -2.11. The van der Waals surface area contributed by atoms with Gasteiger partial charge in [0.1, 0.15) is 5.02 Å².